The van der Waals surface area contributed by atoms with E-state index >= 15 is 0 Å². The minimum atomic E-state index is -0.346. The molecular formula is C25H32N6O. The molecule has 0 spiro atoms. The minimum absolute atomic E-state index is 0.137. The molecule has 1 aromatic heterocycles. The first-order chi connectivity index (χ1) is 15.2. The Balaban J connectivity index is 0.000000650. The van der Waals surface area contributed by atoms with Crippen molar-refractivity contribution in [3.8, 4) is 11.8 Å². The second-order valence-corrected chi connectivity index (χ2v) is 9.33. The van der Waals surface area contributed by atoms with Gasteiger partial charge in [0.2, 0.25) is 5.88 Å². The summed E-state index contributed by atoms with van der Waals surface area (Å²) < 4.78 is 7.41. The average molecular weight is 433 g/mol. The number of nitrogens with two attached hydrogens (primary N) is 1. The monoisotopic (exact) mass is 432 g/mol. The number of nitriles is 1. The van der Waals surface area contributed by atoms with Crippen molar-refractivity contribution in [3.63, 3.8) is 0 Å². The van der Waals surface area contributed by atoms with Crippen molar-refractivity contribution >= 4 is 5.71 Å². The van der Waals surface area contributed by atoms with E-state index in [-0.39, 0.29) is 17.2 Å². The summed E-state index contributed by atoms with van der Waals surface area (Å²) in [5.41, 5.74) is 9.82. The summed E-state index contributed by atoms with van der Waals surface area (Å²) >= 11 is 0. The van der Waals surface area contributed by atoms with E-state index in [1.807, 2.05) is 31.2 Å². The highest BCUT2D eigenvalue weighted by molar-refractivity contribution is 6.06. The van der Waals surface area contributed by atoms with Gasteiger partial charge in [0.15, 0.2) is 0 Å². The predicted octanol–water partition coefficient (Wildman–Crippen LogP) is 4.88. The van der Waals surface area contributed by atoms with Gasteiger partial charge in [-0.05, 0) is 30.5 Å². The maximum Gasteiger partial charge on any atom is 0.205 e. The molecule has 1 aliphatic heterocycles. The first kappa shape index (κ1) is 23.3. The van der Waals surface area contributed by atoms with Gasteiger partial charge in [-0.1, -0.05) is 52.7 Å². The smallest absolute Gasteiger partial charge is 0.205 e. The number of benzene rings is 1. The fraction of sp³-hybridized carbons (Fsp3) is 0.440. The van der Waals surface area contributed by atoms with Gasteiger partial charge in [0.25, 0.3) is 0 Å². The van der Waals surface area contributed by atoms with Gasteiger partial charge in [0, 0.05) is 23.7 Å². The van der Waals surface area contributed by atoms with Gasteiger partial charge in [-0.25, -0.2) is 9.67 Å². The van der Waals surface area contributed by atoms with E-state index in [1.54, 1.807) is 18.1 Å². The predicted molar refractivity (Wildman–Crippen MR) is 126 cm³/mol. The third-order valence-corrected chi connectivity index (χ3v) is 5.57. The van der Waals surface area contributed by atoms with Crippen molar-refractivity contribution in [1.82, 2.24) is 14.8 Å². The summed E-state index contributed by atoms with van der Waals surface area (Å²) in [4.78, 5) is 8.52. The molecule has 1 atom stereocenters. The summed E-state index contributed by atoms with van der Waals surface area (Å²) in [7, 11) is 1.76. The lowest BCUT2D eigenvalue weighted by Crippen LogP contribution is -2.31. The Morgan fingerprint density at radius 1 is 1.25 bits per heavy atom. The summed E-state index contributed by atoms with van der Waals surface area (Å²) in [5, 5.41) is 14.0. The average Bonchev–Trinajstić information content (AvgIpc) is 3.33. The molecule has 1 unspecified atom stereocenters. The molecule has 1 aliphatic carbocycles. The highest BCUT2D eigenvalue weighted by atomic mass is 16.5. The van der Waals surface area contributed by atoms with E-state index in [0.717, 1.165) is 28.5 Å². The molecule has 7 nitrogen and oxygen atoms in total. The van der Waals surface area contributed by atoms with Crippen molar-refractivity contribution in [1.29, 1.82) is 5.26 Å². The Hall–Kier alpha value is -3.40. The Morgan fingerprint density at radius 2 is 1.88 bits per heavy atom. The fourth-order valence-electron chi connectivity index (χ4n) is 3.71. The quantitative estimate of drug-likeness (QED) is 0.696. The Morgan fingerprint density at radius 3 is 2.31 bits per heavy atom. The van der Waals surface area contributed by atoms with E-state index in [9.17, 15) is 5.26 Å². The van der Waals surface area contributed by atoms with Crippen LogP contribution in [0.4, 0.5) is 0 Å². The topological polar surface area (TPSA) is 102 Å². The first-order valence-corrected chi connectivity index (χ1v) is 10.9. The lowest BCUT2D eigenvalue weighted by atomic mass is 9.74. The van der Waals surface area contributed by atoms with Crippen molar-refractivity contribution < 1.29 is 4.74 Å². The zero-order valence-corrected chi connectivity index (χ0v) is 19.8. The zero-order valence-electron chi connectivity index (χ0n) is 19.8. The molecule has 0 saturated heterocycles. The molecule has 1 aromatic carbocycles. The molecule has 4 rings (SSSR count). The van der Waals surface area contributed by atoms with Gasteiger partial charge in [-0.15, -0.1) is 0 Å². The van der Waals surface area contributed by atoms with Crippen molar-refractivity contribution in [3.05, 3.63) is 65.3 Å². The van der Waals surface area contributed by atoms with Crippen LogP contribution in [0.3, 0.4) is 0 Å². The van der Waals surface area contributed by atoms with Gasteiger partial charge >= 0.3 is 0 Å². The van der Waals surface area contributed by atoms with Gasteiger partial charge in [0.05, 0.1) is 11.6 Å². The van der Waals surface area contributed by atoms with Crippen LogP contribution in [0.1, 0.15) is 58.9 Å². The number of nitrogens with zero attached hydrogens (tertiary/aromatic N) is 5. The molecule has 1 saturated carbocycles. The largest absolute Gasteiger partial charge is 0.445 e. The fourth-order valence-corrected chi connectivity index (χ4v) is 3.71. The highest BCUT2D eigenvalue weighted by Crippen LogP contribution is 2.42. The molecule has 0 radical (unpaired) electrons. The molecule has 168 valence electrons. The van der Waals surface area contributed by atoms with Gasteiger partial charge < -0.3 is 10.5 Å². The van der Waals surface area contributed by atoms with Crippen LogP contribution < -0.4 is 5.73 Å². The lowest BCUT2D eigenvalue weighted by Gasteiger charge is -2.33. The number of hydrogen-bond donors (Lipinski definition) is 1. The van der Waals surface area contributed by atoms with Crippen LogP contribution in [0.15, 0.2) is 64.7 Å². The molecule has 2 aromatic rings. The van der Waals surface area contributed by atoms with Crippen molar-refractivity contribution in [2.45, 2.75) is 53.4 Å². The van der Waals surface area contributed by atoms with E-state index in [2.05, 4.69) is 48.8 Å². The Kier molecular flexibility index (Phi) is 6.83. The van der Waals surface area contributed by atoms with Crippen molar-refractivity contribution in [2.75, 3.05) is 7.05 Å². The molecule has 2 aliphatic rings. The molecule has 32 heavy (non-hydrogen) atoms. The van der Waals surface area contributed by atoms with Crippen LogP contribution in [0, 0.1) is 22.7 Å². The maximum absolute atomic E-state index is 9.81. The molecular weight excluding hydrogens is 400 g/mol. The molecule has 2 heterocycles. The number of rotatable bonds is 3. The van der Waals surface area contributed by atoms with Crippen LogP contribution >= 0.6 is 0 Å². The summed E-state index contributed by atoms with van der Waals surface area (Å²) in [6.45, 7) is 10.4. The third-order valence-electron chi connectivity index (χ3n) is 5.57. The minimum Gasteiger partial charge on any atom is -0.445 e. The van der Waals surface area contributed by atoms with Gasteiger partial charge in [-0.2, -0.15) is 10.4 Å². The van der Waals surface area contributed by atoms with Crippen LogP contribution in [-0.2, 0) is 4.74 Å². The Bertz CT molecular complexity index is 1070. The van der Waals surface area contributed by atoms with Crippen LogP contribution in [0.5, 0.6) is 0 Å². The number of aliphatic imine (C=N–C) groups is 1. The van der Waals surface area contributed by atoms with Crippen molar-refractivity contribution in [2.24, 2.45) is 22.1 Å². The summed E-state index contributed by atoms with van der Waals surface area (Å²) in [6.07, 6.45) is 6.10. The molecule has 2 N–H and O–H groups in total. The maximum atomic E-state index is 9.81. The normalized spacial score (nSPS) is 19.2. The van der Waals surface area contributed by atoms with Crippen LogP contribution in [-0.4, -0.2) is 27.5 Å². The summed E-state index contributed by atoms with van der Waals surface area (Å²) in [5.74, 6) is 1.54. The molecule has 0 bridgehead atoms. The second kappa shape index (κ2) is 9.39. The van der Waals surface area contributed by atoms with E-state index < -0.39 is 0 Å². The van der Waals surface area contributed by atoms with E-state index in [1.165, 1.54) is 19.2 Å². The molecule has 0 amide bonds. The number of hydrogen-bond acceptors (Lipinski definition) is 6. The SMILES string of the molecule is CC1CC1.CN=C(C1=C(C)OC(N)=C(C#N)C1c1ccc(-n2cncn2)cc1)C(C)(C)C. The standard InChI is InChI=1S/C21H24N6O.C4H8/c1-13-17(19(24-5)21(2,3)4)18(16(10-22)20(23)28-13)14-6-8-15(9-7-14)27-12-25-11-26-27;1-4-2-3-4/h6-9,11-12,18H,23H2,1-5H3;4H,2-3H2,1H3. The highest BCUT2D eigenvalue weighted by Gasteiger charge is 2.37. The Labute approximate surface area is 190 Å². The van der Waals surface area contributed by atoms with Crippen LogP contribution in [0.25, 0.3) is 5.69 Å². The first-order valence-electron chi connectivity index (χ1n) is 10.9. The number of allylic oxidation sites excluding steroid dienone is 3. The van der Waals surface area contributed by atoms with Gasteiger partial charge in [0.1, 0.15) is 30.1 Å². The van der Waals surface area contributed by atoms with Crippen LogP contribution in [0.2, 0.25) is 0 Å². The van der Waals surface area contributed by atoms with E-state index in [0.29, 0.717) is 11.3 Å². The van der Waals surface area contributed by atoms with E-state index in [4.69, 9.17) is 10.5 Å². The summed E-state index contributed by atoms with van der Waals surface area (Å²) in [6, 6.07) is 10.1. The molecule has 7 heteroatoms. The van der Waals surface area contributed by atoms with Gasteiger partial charge in [-0.3, -0.25) is 4.99 Å². The number of aromatic nitrogens is 3. The second-order valence-electron chi connectivity index (χ2n) is 9.33. The third kappa shape index (κ3) is 5.08. The zero-order chi connectivity index (χ0) is 23.5. The number of ether oxygens (including phenoxy) is 1. The molecule has 1 fully saturated rings. The lowest BCUT2D eigenvalue weighted by molar-refractivity contribution is 0.283.